The molecular formula is C31H25Cl2FN2O6. The monoisotopic (exact) mass is 610 g/mol. The van der Waals surface area contributed by atoms with Crippen molar-refractivity contribution in [3.8, 4) is 5.75 Å². The molecule has 3 aromatic rings. The van der Waals surface area contributed by atoms with E-state index in [1.807, 2.05) is 0 Å². The van der Waals surface area contributed by atoms with E-state index < -0.39 is 46.9 Å². The first-order chi connectivity index (χ1) is 19.9. The maximum absolute atomic E-state index is 14.8. The Morgan fingerprint density at radius 1 is 1.05 bits per heavy atom. The van der Waals surface area contributed by atoms with Crippen molar-refractivity contribution in [3.05, 3.63) is 105 Å². The van der Waals surface area contributed by atoms with Crippen LogP contribution in [0.2, 0.25) is 10.0 Å². The molecule has 0 aromatic heterocycles. The Morgan fingerprint density at radius 2 is 1.74 bits per heavy atom. The lowest BCUT2D eigenvalue weighted by molar-refractivity contribution is -0.139. The number of amides is 3. The quantitative estimate of drug-likeness (QED) is 0.226. The van der Waals surface area contributed by atoms with Crippen LogP contribution in [0.4, 0.5) is 10.1 Å². The number of hydrogen-bond acceptors (Lipinski definition) is 6. The number of benzene rings is 3. The van der Waals surface area contributed by atoms with Gasteiger partial charge in [-0.1, -0.05) is 35.3 Å². The van der Waals surface area contributed by atoms with Gasteiger partial charge in [0.15, 0.2) is 0 Å². The Morgan fingerprint density at radius 3 is 2.43 bits per heavy atom. The van der Waals surface area contributed by atoms with Gasteiger partial charge in [0.1, 0.15) is 17.0 Å². The van der Waals surface area contributed by atoms with Crippen LogP contribution in [0.1, 0.15) is 47.6 Å². The molecule has 1 N–H and O–H groups in total. The molecule has 1 fully saturated rings. The number of nitrogens with one attached hydrogen (secondary N) is 1. The second kappa shape index (κ2) is 10.9. The molecule has 1 spiro atoms. The van der Waals surface area contributed by atoms with Gasteiger partial charge in [-0.15, -0.1) is 0 Å². The summed E-state index contributed by atoms with van der Waals surface area (Å²) in [5, 5.41) is 3.45. The zero-order valence-electron chi connectivity index (χ0n) is 22.8. The number of anilines is 1. The lowest BCUT2D eigenvalue weighted by atomic mass is 9.58. The SMILES string of the molecule is C=C(Oc1ccc(Cl)cc1[C@H]1CC(=O)N[C@@H](c2cc(F)ccc2C)[C@]12C(=O)N(C(C)=O)c1cc(Cl)ccc12)C(=O)OC. The summed E-state index contributed by atoms with van der Waals surface area (Å²) < 4.78 is 25.3. The highest BCUT2D eigenvalue weighted by atomic mass is 35.5. The largest absolute Gasteiger partial charge is 0.463 e. The molecule has 3 amide bonds. The van der Waals surface area contributed by atoms with Gasteiger partial charge in [-0.25, -0.2) is 14.1 Å². The number of carbonyl (C=O) groups is 4. The molecule has 8 nitrogen and oxygen atoms in total. The minimum atomic E-state index is -1.70. The van der Waals surface area contributed by atoms with Gasteiger partial charge in [0.05, 0.1) is 18.8 Å². The number of hydrogen-bond donors (Lipinski definition) is 1. The van der Waals surface area contributed by atoms with Gasteiger partial charge in [-0.2, -0.15) is 0 Å². The number of nitrogens with zero attached hydrogens (tertiary/aromatic N) is 1. The third-order valence-electron chi connectivity index (χ3n) is 7.76. The second-order valence-corrected chi connectivity index (χ2v) is 11.0. The van der Waals surface area contributed by atoms with Crippen molar-refractivity contribution in [2.75, 3.05) is 12.0 Å². The number of methoxy groups -OCH3 is 1. The average molecular weight is 611 g/mol. The van der Waals surface area contributed by atoms with E-state index >= 15 is 0 Å². The molecule has 42 heavy (non-hydrogen) atoms. The summed E-state index contributed by atoms with van der Waals surface area (Å²) in [5.74, 6) is -4.35. The van der Waals surface area contributed by atoms with Crippen LogP contribution in [-0.4, -0.2) is 30.8 Å². The topological polar surface area (TPSA) is 102 Å². The molecule has 216 valence electrons. The predicted molar refractivity (Wildman–Crippen MR) is 154 cm³/mol. The first-order valence-electron chi connectivity index (χ1n) is 12.8. The van der Waals surface area contributed by atoms with Crippen LogP contribution in [0.5, 0.6) is 5.75 Å². The zero-order chi connectivity index (χ0) is 30.5. The predicted octanol–water partition coefficient (Wildman–Crippen LogP) is 5.68. The van der Waals surface area contributed by atoms with E-state index in [1.165, 1.54) is 50.4 Å². The molecule has 2 aliphatic heterocycles. The summed E-state index contributed by atoms with van der Waals surface area (Å²) in [7, 11) is 1.17. The van der Waals surface area contributed by atoms with Gasteiger partial charge in [0, 0.05) is 34.9 Å². The summed E-state index contributed by atoms with van der Waals surface area (Å²) in [4.78, 5) is 54.4. The Labute approximate surface area is 251 Å². The molecule has 3 aromatic carbocycles. The molecule has 5 rings (SSSR count). The first-order valence-corrected chi connectivity index (χ1v) is 13.6. The van der Waals surface area contributed by atoms with Crippen molar-refractivity contribution < 1.29 is 33.0 Å². The Bertz CT molecular complexity index is 1690. The lowest BCUT2D eigenvalue weighted by Crippen LogP contribution is -2.58. The molecule has 1 saturated heterocycles. The zero-order valence-corrected chi connectivity index (χ0v) is 24.3. The maximum atomic E-state index is 14.8. The summed E-state index contributed by atoms with van der Waals surface area (Å²) in [6.07, 6.45) is -0.244. The van der Waals surface area contributed by atoms with Crippen LogP contribution in [0.3, 0.4) is 0 Å². The Hall–Kier alpha value is -4.21. The fourth-order valence-electron chi connectivity index (χ4n) is 6.03. The molecule has 2 heterocycles. The van der Waals surface area contributed by atoms with Crippen LogP contribution < -0.4 is 15.0 Å². The third-order valence-corrected chi connectivity index (χ3v) is 8.23. The van der Waals surface area contributed by atoms with E-state index in [1.54, 1.807) is 25.1 Å². The molecule has 0 radical (unpaired) electrons. The minimum absolute atomic E-state index is 0.0909. The van der Waals surface area contributed by atoms with Crippen molar-refractivity contribution in [2.24, 2.45) is 0 Å². The number of carbonyl (C=O) groups excluding carboxylic acids is 4. The normalized spacial score (nSPS) is 21.1. The second-order valence-electron chi connectivity index (χ2n) is 10.1. The van der Waals surface area contributed by atoms with Crippen LogP contribution >= 0.6 is 23.2 Å². The van der Waals surface area contributed by atoms with E-state index in [0.29, 0.717) is 22.3 Å². The highest BCUT2D eigenvalue weighted by Gasteiger charge is 2.64. The van der Waals surface area contributed by atoms with Gasteiger partial charge in [-0.05, 0) is 72.7 Å². The number of aryl methyl sites for hydroxylation is 1. The smallest absolute Gasteiger partial charge is 0.373 e. The number of ether oxygens (including phenoxy) is 2. The van der Waals surface area contributed by atoms with Crippen LogP contribution in [0.15, 0.2) is 66.9 Å². The summed E-state index contributed by atoms with van der Waals surface area (Å²) in [5.41, 5.74) is 0.172. The molecule has 0 unspecified atom stereocenters. The number of esters is 1. The molecule has 3 atom stereocenters. The first kappa shape index (κ1) is 29.3. The Kier molecular flexibility index (Phi) is 7.59. The van der Waals surface area contributed by atoms with Crippen molar-refractivity contribution in [1.82, 2.24) is 5.32 Å². The van der Waals surface area contributed by atoms with Crippen LogP contribution in [0, 0.1) is 12.7 Å². The number of fused-ring (bicyclic) bond motifs is 2. The number of rotatable bonds is 5. The highest BCUT2D eigenvalue weighted by Crippen LogP contribution is 2.60. The Balaban J connectivity index is 1.87. The molecule has 2 aliphatic rings. The number of imide groups is 1. The average Bonchev–Trinajstić information content (AvgIpc) is 3.19. The minimum Gasteiger partial charge on any atom is -0.463 e. The van der Waals surface area contributed by atoms with Gasteiger partial charge < -0.3 is 14.8 Å². The van der Waals surface area contributed by atoms with Gasteiger partial charge in [-0.3, -0.25) is 14.4 Å². The molecule has 11 heteroatoms. The molecular weight excluding hydrogens is 586 g/mol. The highest BCUT2D eigenvalue weighted by molar-refractivity contribution is 6.32. The standard InChI is InChI=1S/C31H25Cl2FN2O6/c1-15-5-8-20(34)13-21(15)28-31(23-9-6-19(33)12-25(23)36(17(3)37)30(31)40)24(14-27(38)35-28)22-11-18(32)7-10-26(22)42-16(2)29(39)41-4/h5-13,24,28H,2,14H2,1,3-4H3,(H,35,38)/t24-,28+,31-/m1/s1. The molecule has 0 aliphatic carbocycles. The van der Waals surface area contributed by atoms with Crippen molar-refractivity contribution in [3.63, 3.8) is 0 Å². The fourth-order valence-corrected chi connectivity index (χ4v) is 6.38. The molecule has 0 bridgehead atoms. The van der Waals surface area contributed by atoms with Gasteiger partial charge >= 0.3 is 5.97 Å². The summed E-state index contributed by atoms with van der Waals surface area (Å²) >= 11 is 12.8. The molecule has 0 saturated carbocycles. The van der Waals surface area contributed by atoms with Crippen LogP contribution in [-0.2, 0) is 29.3 Å². The van der Waals surface area contributed by atoms with E-state index in [-0.39, 0.29) is 33.7 Å². The van der Waals surface area contributed by atoms with Gasteiger partial charge in [0.25, 0.3) is 0 Å². The third kappa shape index (κ3) is 4.62. The lowest BCUT2D eigenvalue weighted by Gasteiger charge is -2.47. The summed E-state index contributed by atoms with van der Waals surface area (Å²) in [6, 6.07) is 12.2. The van der Waals surface area contributed by atoms with Crippen molar-refractivity contribution >= 4 is 52.6 Å². The van der Waals surface area contributed by atoms with Crippen LogP contribution in [0.25, 0.3) is 0 Å². The maximum Gasteiger partial charge on any atom is 0.373 e. The van der Waals surface area contributed by atoms with Crippen molar-refractivity contribution in [1.29, 1.82) is 0 Å². The number of piperidine rings is 1. The summed E-state index contributed by atoms with van der Waals surface area (Å²) in [6.45, 7) is 6.61. The van der Waals surface area contributed by atoms with Gasteiger partial charge in [0.2, 0.25) is 23.5 Å². The van der Waals surface area contributed by atoms with E-state index in [2.05, 4.69) is 11.9 Å². The van der Waals surface area contributed by atoms with E-state index in [9.17, 15) is 23.6 Å². The van der Waals surface area contributed by atoms with Crippen molar-refractivity contribution in [2.45, 2.75) is 37.6 Å². The fraction of sp³-hybridized carbons (Fsp3) is 0.226. The van der Waals surface area contributed by atoms with E-state index in [0.717, 1.165) is 4.90 Å². The van der Waals surface area contributed by atoms with E-state index in [4.69, 9.17) is 32.7 Å². The number of halogens is 3.